The average molecular weight is 508 g/mol. The van der Waals surface area contributed by atoms with Crippen LogP contribution in [0, 0.1) is 0 Å². The summed E-state index contributed by atoms with van der Waals surface area (Å²) in [6, 6.07) is 0. The molecule has 0 aromatic rings. The van der Waals surface area contributed by atoms with Crippen molar-refractivity contribution < 1.29 is 21.2 Å². The first kappa shape index (κ1) is 26.2. The Kier molecular flexibility index (Phi) is 28.7. The summed E-state index contributed by atoms with van der Waals surface area (Å²) < 4.78 is 0. The molecule has 0 spiro atoms. The van der Waals surface area contributed by atoms with E-state index in [4.69, 9.17) is 5.11 Å². The number of hydrogen-bond donors (Lipinski definition) is 1. The first-order chi connectivity index (χ1) is 11.2. The van der Waals surface area contributed by atoms with Gasteiger partial charge in [0.05, 0.1) is 0 Å². The van der Waals surface area contributed by atoms with Gasteiger partial charge in [-0.25, -0.2) is 0 Å². The molecule has 0 fully saturated rings. The van der Waals surface area contributed by atoms with Gasteiger partial charge in [0, 0.05) is 6.42 Å². The molecule has 0 bridgehead atoms. The van der Waals surface area contributed by atoms with Gasteiger partial charge in [0.1, 0.15) is 0 Å². The van der Waals surface area contributed by atoms with Crippen molar-refractivity contribution in [2.75, 3.05) is 0 Å². The summed E-state index contributed by atoms with van der Waals surface area (Å²) in [4.78, 5) is 10.3. The predicted molar refractivity (Wildman–Crippen MR) is 105 cm³/mol. The van der Waals surface area contributed by atoms with E-state index in [0.717, 1.165) is 12.8 Å². The second-order valence-electron chi connectivity index (χ2n) is 6.14. The molecule has 1 N–H and O–H groups in total. The summed E-state index contributed by atoms with van der Waals surface area (Å²) in [5.74, 6) is -0.653. The summed E-state index contributed by atoms with van der Waals surface area (Å²) in [7, 11) is 0. The van der Waals surface area contributed by atoms with Crippen molar-refractivity contribution in [3.63, 3.8) is 0 Å². The molecule has 145 valence electrons. The fraction of sp³-hybridized carbons (Fsp3) is 0.944. The third-order valence-corrected chi connectivity index (χ3v) is 3.99. The fourth-order valence-electron chi connectivity index (χ4n) is 2.65. The molecule has 0 aliphatic heterocycles. The van der Waals surface area contributed by atoms with Gasteiger partial charge in [-0.1, -0.05) is 96.8 Å². The Labute approximate surface area is 164 Å². The van der Waals surface area contributed by atoms with E-state index >= 15 is 0 Å². The topological polar surface area (TPSA) is 37.3 Å². The van der Waals surface area contributed by atoms with Gasteiger partial charge in [0.25, 0.3) is 0 Å². The zero-order chi connectivity index (χ0) is 17.6. The van der Waals surface area contributed by atoms with E-state index < -0.39 is 5.97 Å². The number of carboxylic acid groups (broad SMARTS) is 1. The van der Waals surface area contributed by atoms with Gasteiger partial charge in [-0.3, -0.25) is 4.79 Å². The van der Waals surface area contributed by atoms with E-state index in [0.29, 0.717) is 6.42 Å². The van der Waals surface area contributed by atoms with Gasteiger partial charge in [-0.15, -0.1) is 0 Å². The van der Waals surface area contributed by atoms with E-state index in [1.54, 1.807) is 0 Å². The zero-order valence-corrected chi connectivity index (χ0v) is 18.8. The van der Waals surface area contributed by atoms with Gasteiger partial charge < -0.3 is 5.11 Å². The van der Waals surface area contributed by atoms with Crippen LogP contribution < -0.4 is 0 Å². The predicted octanol–water partition coefficient (Wildman–Crippen LogP) is 8.02. The Morgan fingerprint density at radius 3 is 1.22 bits per heavy atom. The first-order valence-electron chi connectivity index (χ1n) is 9.22. The fourth-order valence-corrected chi connectivity index (χ4v) is 2.65. The average Bonchev–Trinajstić information content (AvgIpc) is 2.51. The van der Waals surface area contributed by atoms with Crippen LogP contribution in [0.25, 0.3) is 0 Å². The second-order valence-corrected chi connectivity index (χ2v) is 10.9. The van der Waals surface area contributed by atoms with Crippen molar-refractivity contribution in [3.8, 4) is 0 Å². The van der Waals surface area contributed by atoms with Crippen LogP contribution in [0.5, 0.6) is 0 Å². The van der Waals surface area contributed by atoms with Gasteiger partial charge in [0.15, 0.2) is 0 Å². The van der Waals surface area contributed by atoms with E-state index in [1.165, 1.54) is 94.8 Å². The number of unbranched alkanes of at least 4 members (excludes halogenated alkanes) is 14. The summed E-state index contributed by atoms with van der Waals surface area (Å²) >= 11 is 7.38. The quantitative estimate of drug-likeness (QED) is 0.170. The van der Waals surface area contributed by atoms with E-state index in [-0.39, 0.29) is 0 Å². The summed E-state index contributed by atoms with van der Waals surface area (Å²) in [5.41, 5.74) is 0. The molecular formula is C18H36Br2CuO2. The molecule has 0 saturated carbocycles. The van der Waals surface area contributed by atoms with Crippen LogP contribution in [0.1, 0.15) is 110 Å². The Hall–Kier alpha value is 0.949. The second kappa shape index (κ2) is 25.2. The molecule has 0 unspecified atom stereocenters. The maximum atomic E-state index is 10.3. The molecule has 0 radical (unpaired) electrons. The molecule has 0 atom stereocenters. The molecule has 0 aliphatic rings. The van der Waals surface area contributed by atoms with E-state index in [1.807, 2.05) is 0 Å². The van der Waals surface area contributed by atoms with Crippen LogP contribution >= 0.6 is 28.2 Å². The van der Waals surface area contributed by atoms with E-state index in [2.05, 4.69) is 35.1 Å². The molecule has 23 heavy (non-hydrogen) atoms. The molecule has 0 heterocycles. The Balaban J connectivity index is 0. The van der Waals surface area contributed by atoms with Crippen LogP contribution in [0.2, 0.25) is 0 Å². The SMILES string of the molecule is CCCCCCCCCCCCCCCCCC(=O)O.[Br][Cu][Br]. The molecule has 0 aromatic heterocycles. The minimum atomic E-state index is -0.653. The maximum absolute atomic E-state index is 10.3. The Bertz CT molecular complexity index is 229. The summed E-state index contributed by atoms with van der Waals surface area (Å²) in [6.45, 7) is 2.27. The Morgan fingerprint density at radius 1 is 0.696 bits per heavy atom. The summed E-state index contributed by atoms with van der Waals surface area (Å²) in [5, 5.41) is 8.52. The zero-order valence-electron chi connectivity index (χ0n) is 14.7. The van der Waals surface area contributed by atoms with Crippen molar-refractivity contribution in [1.82, 2.24) is 0 Å². The van der Waals surface area contributed by atoms with Crippen LogP contribution in [0.4, 0.5) is 0 Å². The number of carboxylic acids is 1. The molecule has 0 aromatic carbocycles. The van der Waals surface area contributed by atoms with Gasteiger partial charge in [-0.2, -0.15) is 0 Å². The molecule has 0 aliphatic carbocycles. The molecular weight excluding hydrogens is 472 g/mol. The number of rotatable bonds is 16. The van der Waals surface area contributed by atoms with Crippen LogP contribution in [0.3, 0.4) is 0 Å². The number of aliphatic carboxylic acids is 1. The van der Waals surface area contributed by atoms with Crippen molar-refractivity contribution in [2.24, 2.45) is 0 Å². The molecule has 0 amide bonds. The van der Waals surface area contributed by atoms with Crippen molar-refractivity contribution in [2.45, 2.75) is 110 Å². The molecule has 5 heteroatoms. The first-order valence-corrected chi connectivity index (χ1v) is 13.9. The van der Waals surface area contributed by atoms with Crippen LogP contribution in [-0.2, 0) is 16.1 Å². The monoisotopic (exact) mass is 505 g/mol. The number of hydrogen-bond acceptors (Lipinski definition) is 1. The standard InChI is InChI=1S/C18H36O2.2BrH.Cu/c1-2-3-4-5-6-7-8-9-10-11-12-13-14-15-16-17-18(19)20;;;/h2-17H2,1H3,(H,19,20);2*1H;/q;;;+2/p-2. The summed E-state index contributed by atoms with van der Waals surface area (Å²) in [6.07, 6.45) is 20.2. The van der Waals surface area contributed by atoms with Crippen LogP contribution in [-0.4, -0.2) is 11.1 Å². The van der Waals surface area contributed by atoms with Crippen molar-refractivity contribution in [3.05, 3.63) is 0 Å². The third-order valence-electron chi connectivity index (χ3n) is 3.99. The van der Waals surface area contributed by atoms with Crippen molar-refractivity contribution >= 4 is 34.2 Å². The normalized spacial score (nSPS) is 10.4. The molecule has 0 saturated heterocycles. The molecule has 2 nitrogen and oxygen atoms in total. The Morgan fingerprint density at radius 2 is 0.957 bits per heavy atom. The van der Waals surface area contributed by atoms with E-state index in [9.17, 15) is 4.79 Å². The van der Waals surface area contributed by atoms with Gasteiger partial charge >= 0.3 is 45.5 Å². The van der Waals surface area contributed by atoms with Crippen LogP contribution in [0.15, 0.2) is 0 Å². The third kappa shape index (κ3) is 31.3. The number of halogens is 2. The van der Waals surface area contributed by atoms with Crippen molar-refractivity contribution in [1.29, 1.82) is 0 Å². The van der Waals surface area contributed by atoms with Gasteiger partial charge in [-0.05, 0) is 6.42 Å². The molecule has 0 rings (SSSR count). The minimum absolute atomic E-state index is 0.345. The number of carbonyl (C=O) groups is 1. The van der Waals surface area contributed by atoms with Gasteiger partial charge in [0.2, 0.25) is 0 Å².